The zero-order valence-electron chi connectivity index (χ0n) is 41.1. The third-order valence-corrected chi connectivity index (χ3v) is 12.6. The second-order valence-electron chi connectivity index (χ2n) is 17.7. The number of epoxide rings is 1. The summed E-state index contributed by atoms with van der Waals surface area (Å²) in [7, 11) is -5.15. The first-order valence-electron chi connectivity index (χ1n) is 25.5. The van der Waals surface area contributed by atoms with E-state index in [1.54, 1.807) is 0 Å². The standard InChI is InChI=1S/C53H87O14P/c1-3-5-7-8-9-10-11-12-13-14-15-16-17-18-22-25-28-31-35-39-46(54)63-41-43(42-64-68(61,62)67-53-51(59)49(57)48(56)50(58)52(53)60)65-47(55)40-36-32-29-26-23-20-19-21-24-27-30-34-38-45-44(66-45)37-33-6-4-2/h6,9-10,12-13,20-21,23-24,29-30,32-34,43-45,48-53,56-60H,3-5,7-8,11,14-19,22,25-28,31,35-42H2,1-2H3,(H,61,62)/b10-9-,13-12-,23-20-,24-21-,32-29-,33-6-,34-30-/t43-,44?,45?,48?,49-,50+,51-,52-,53?/m1/s1. The molecule has 0 aromatic carbocycles. The van der Waals surface area contributed by atoms with Crippen LogP contribution < -0.4 is 0 Å². The number of phosphoric ester groups is 1. The number of hydrogen-bond donors (Lipinski definition) is 6. The molecule has 0 radical (unpaired) electrons. The van der Waals surface area contributed by atoms with Gasteiger partial charge in [0.2, 0.25) is 0 Å². The summed E-state index contributed by atoms with van der Waals surface area (Å²) in [6.45, 7) is 3.10. The Morgan fingerprint density at radius 1 is 0.529 bits per heavy atom. The molecule has 0 aromatic rings. The lowest BCUT2D eigenvalue weighted by molar-refractivity contribution is -0.220. The van der Waals surface area contributed by atoms with Crippen LogP contribution in [-0.2, 0) is 37.4 Å². The summed E-state index contributed by atoms with van der Waals surface area (Å²) in [6, 6.07) is 0. The van der Waals surface area contributed by atoms with Gasteiger partial charge in [0, 0.05) is 12.8 Å². The van der Waals surface area contributed by atoms with E-state index in [1.807, 2.05) is 18.2 Å². The number of phosphoric acid groups is 1. The second-order valence-corrected chi connectivity index (χ2v) is 19.1. The summed E-state index contributed by atoms with van der Waals surface area (Å²) in [4.78, 5) is 35.8. The van der Waals surface area contributed by atoms with Crippen molar-refractivity contribution >= 4 is 19.8 Å². The van der Waals surface area contributed by atoms with Crippen LogP contribution >= 0.6 is 7.82 Å². The smallest absolute Gasteiger partial charge is 0.462 e. The zero-order chi connectivity index (χ0) is 49.7. The topological polar surface area (TPSA) is 222 Å². The Labute approximate surface area is 407 Å². The fourth-order valence-electron chi connectivity index (χ4n) is 7.44. The molecular weight excluding hydrogens is 892 g/mol. The molecule has 1 aliphatic carbocycles. The Bertz CT molecular complexity index is 1570. The van der Waals surface area contributed by atoms with Gasteiger partial charge in [-0.2, -0.15) is 0 Å². The molecule has 10 atom stereocenters. The number of rotatable bonds is 40. The molecule has 0 bridgehead atoms. The average molecular weight is 979 g/mol. The van der Waals surface area contributed by atoms with Crippen LogP contribution in [0.1, 0.15) is 168 Å². The third-order valence-electron chi connectivity index (χ3n) is 11.6. The van der Waals surface area contributed by atoms with Crippen LogP contribution in [0, 0.1) is 0 Å². The van der Waals surface area contributed by atoms with Crippen LogP contribution in [-0.4, -0.2) is 111 Å². The van der Waals surface area contributed by atoms with E-state index < -0.39 is 75.7 Å². The van der Waals surface area contributed by atoms with E-state index >= 15 is 0 Å². The van der Waals surface area contributed by atoms with Gasteiger partial charge in [-0.3, -0.25) is 18.6 Å². The lowest BCUT2D eigenvalue weighted by Gasteiger charge is -2.41. The molecule has 0 aromatic heterocycles. The Morgan fingerprint density at radius 2 is 0.985 bits per heavy atom. The molecule has 2 fully saturated rings. The van der Waals surface area contributed by atoms with Gasteiger partial charge in [0.25, 0.3) is 0 Å². The molecule has 68 heavy (non-hydrogen) atoms. The second kappa shape index (κ2) is 38.7. The van der Waals surface area contributed by atoms with Crippen molar-refractivity contribution in [1.82, 2.24) is 0 Å². The predicted octanol–water partition coefficient (Wildman–Crippen LogP) is 9.82. The largest absolute Gasteiger partial charge is 0.472 e. The summed E-state index contributed by atoms with van der Waals surface area (Å²) in [6.07, 6.45) is 39.6. The van der Waals surface area contributed by atoms with E-state index in [0.29, 0.717) is 31.5 Å². The molecule has 6 N–H and O–H groups in total. The maximum absolute atomic E-state index is 12.9. The first-order chi connectivity index (χ1) is 32.9. The Balaban J connectivity index is 1.70. The molecule has 0 spiro atoms. The third kappa shape index (κ3) is 29.9. The number of ether oxygens (including phenoxy) is 3. The molecule has 1 saturated carbocycles. The Kier molecular flexibility index (Phi) is 34.8. The van der Waals surface area contributed by atoms with Gasteiger partial charge in [-0.05, 0) is 83.5 Å². The summed E-state index contributed by atoms with van der Waals surface area (Å²) < 4.78 is 39.2. The van der Waals surface area contributed by atoms with E-state index in [2.05, 4.69) is 80.7 Å². The van der Waals surface area contributed by atoms with Crippen LogP contribution in [0.25, 0.3) is 0 Å². The van der Waals surface area contributed by atoms with Gasteiger partial charge in [0.1, 0.15) is 43.2 Å². The van der Waals surface area contributed by atoms with Gasteiger partial charge < -0.3 is 44.6 Å². The van der Waals surface area contributed by atoms with Gasteiger partial charge in [-0.15, -0.1) is 0 Å². The molecule has 14 nitrogen and oxygen atoms in total. The number of aliphatic hydroxyl groups excluding tert-OH is 5. The minimum absolute atomic E-state index is 0.0368. The van der Waals surface area contributed by atoms with Crippen molar-refractivity contribution in [2.75, 3.05) is 13.2 Å². The normalized spacial score (nSPS) is 24.7. The highest BCUT2D eigenvalue weighted by atomic mass is 31.2. The maximum atomic E-state index is 12.9. The van der Waals surface area contributed by atoms with Crippen molar-refractivity contribution in [3.05, 3.63) is 85.1 Å². The Morgan fingerprint density at radius 3 is 1.53 bits per heavy atom. The van der Waals surface area contributed by atoms with E-state index in [9.17, 15) is 44.6 Å². The van der Waals surface area contributed by atoms with Crippen molar-refractivity contribution in [2.45, 2.75) is 223 Å². The van der Waals surface area contributed by atoms with Crippen LogP contribution in [0.15, 0.2) is 85.1 Å². The first-order valence-corrected chi connectivity index (χ1v) is 27.0. The van der Waals surface area contributed by atoms with Crippen molar-refractivity contribution in [2.24, 2.45) is 0 Å². The number of allylic oxidation sites excluding steroid dienone is 12. The van der Waals surface area contributed by atoms with E-state index in [0.717, 1.165) is 70.6 Å². The number of hydrogen-bond acceptors (Lipinski definition) is 13. The molecule has 388 valence electrons. The Hall–Kier alpha value is -3.01. The van der Waals surface area contributed by atoms with Crippen molar-refractivity contribution < 1.29 is 67.8 Å². The lowest BCUT2D eigenvalue weighted by atomic mass is 9.85. The minimum atomic E-state index is -5.15. The molecule has 1 heterocycles. The summed E-state index contributed by atoms with van der Waals surface area (Å²) in [5.41, 5.74) is 0. The molecule has 1 aliphatic heterocycles. The van der Waals surface area contributed by atoms with Gasteiger partial charge in [-0.1, -0.05) is 157 Å². The zero-order valence-corrected chi connectivity index (χ0v) is 42.0. The van der Waals surface area contributed by atoms with E-state index in [1.165, 1.54) is 51.4 Å². The SMILES string of the molecule is CC/C=C\CC1OC1C/C=C\C/C=C\C/C=C\C/C=C\CCC(=O)O[C@H](COC(=O)CCCCCCCCCCC/C=C\C/C=C\CCCCC)COP(=O)(O)OC1[C@H](O)[C@H](O)C(O)[C@H](O)[C@H]1O. The number of carbonyl (C=O) groups is 2. The molecule has 2 aliphatic rings. The molecule has 2 rings (SSSR count). The first kappa shape index (κ1) is 61.1. The molecular formula is C53H87O14P. The van der Waals surface area contributed by atoms with Crippen LogP contribution in [0.4, 0.5) is 0 Å². The summed E-state index contributed by atoms with van der Waals surface area (Å²) in [5, 5.41) is 50.3. The van der Waals surface area contributed by atoms with Crippen LogP contribution in [0.5, 0.6) is 0 Å². The number of carbonyl (C=O) groups excluding carboxylic acids is 2. The van der Waals surface area contributed by atoms with Gasteiger partial charge in [-0.25, -0.2) is 4.57 Å². The molecule has 1 saturated heterocycles. The molecule has 0 amide bonds. The van der Waals surface area contributed by atoms with E-state index in [4.69, 9.17) is 23.3 Å². The fourth-order valence-corrected chi connectivity index (χ4v) is 8.42. The highest BCUT2D eigenvalue weighted by molar-refractivity contribution is 7.47. The highest BCUT2D eigenvalue weighted by Gasteiger charge is 2.51. The van der Waals surface area contributed by atoms with Crippen molar-refractivity contribution in [1.29, 1.82) is 0 Å². The highest BCUT2D eigenvalue weighted by Crippen LogP contribution is 2.47. The summed E-state index contributed by atoms with van der Waals surface area (Å²) >= 11 is 0. The monoisotopic (exact) mass is 979 g/mol. The quantitative estimate of drug-likeness (QED) is 0.0111. The summed E-state index contributed by atoms with van der Waals surface area (Å²) in [5.74, 6) is -1.21. The molecule has 5 unspecified atom stereocenters. The maximum Gasteiger partial charge on any atom is 0.472 e. The van der Waals surface area contributed by atoms with Crippen LogP contribution in [0.3, 0.4) is 0 Å². The van der Waals surface area contributed by atoms with Gasteiger partial charge in [0.15, 0.2) is 6.10 Å². The number of esters is 2. The van der Waals surface area contributed by atoms with Gasteiger partial charge >= 0.3 is 19.8 Å². The lowest BCUT2D eigenvalue weighted by Crippen LogP contribution is -2.64. The van der Waals surface area contributed by atoms with Crippen LogP contribution in [0.2, 0.25) is 0 Å². The average Bonchev–Trinajstić information content (AvgIpc) is 4.08. The van der Waals surface area contributed by atoms with Crippen molar-refractivity contribution in [3.8, 4) is 0 Å². The van der Waals surface area contributed by atoms with Gasteiger partial charge in [0.05, 0.1) is 18.8 Å². The van der Waals surface area contributed by atoms with E-state index in [-0.39, 0.29) is 12.8 Å². The predicted molar refractivity (Wildman–Crippen MR) is 266 cm³/mol. The number of unbranched alkanes of at least 4 members (excludes halogenated alkanes) is 12. The fraction of sp³-hybridized carbons (Fsp3) is 0.698. The molecule has 15 heteroatoms. The number of aliphatic hydroxyl groups is 5. The van der Waals surface area contributed by atoms with Crippen molar-refractivity contribution in [3.63, 3.8) is 0 Å². The minimum Gasteiger partial charge on any atom is -0.462 e.